The number of benzene rings is 4. The number of carbonyl (C=O) groups excluding carboxylic acids is 4. The summed E-state index contributed by atoms with van der Waals surface area (Å²) in [6, 6.07) is 13.8. The van der Waals surface area contributed by atoms with E-state index in [1.807, 2.05) is 55.4 Å². The molecule has 0 spiro atoms. The third-order valence-corrected chi connectivity index (χ3v) is 18.5. The molecule has 4 atom stereocenters. The molecule has 4 aromatic carbocycles. The molecule has 5 heterocycles. The van der Waals surface area contributed by atoms with Gasteiger partial charge in [0.1, 0.15) is 0 Å². The topological polar surface area (TPSA) is 170 Å². The predicted octanol–water partition coefficient (Wildman–Crippen LogP) is 15.9. The van der Waals surface area contributed by atoms with Crippen LogP contribution in [0.4, 0.5) is 66.7 Å². The second-order valence-electron chi connectivity index (χ2n) is 26.6. The third kappa shape index (κ3) is 10.6. The van der Waals surface area contributed by atoms with Crippen LogP contribution in [0, 0.1) is 104 Å². The number of hydrogen-bond acceptors (Lipinski definition) is 6. The molecule has 13 rings (SSSR count). The van der Waals surface area contributed by atoms with Gasteiger partial charge in [0.05, 0.1) is 56.7 Å². The minimum atomic E-state index is -2.48. The largest absolute Gasteiger partial charge is 2.00 e. The van der Waals surface area contributed by atoms with E-state index < -0.39 is 172 Å². The summed E-state index contributed by atoms with van der Waals surface area (Å²) in [5.74, 6) is -27.2. The van der Waals surface area contributed by atoms with E-state index in [4.69, 9.17) is 19.9 Å². The SMILES string of the molecule is CC1(C)C[C@@H]1C(=O)Nc1cccc(NC(=O)[C@@H]2CC2(C)C)c1-c1c2nc(c(-c3c(F)c(F)c(F)c(F)c3F)c3ccc([n-]3)c(-c3c(NC(=O)[C@H]4CC4(C)C)cccc3NC(=O)[C@@H]3CC3(C)C)c3nc(c(-c4c(F)c(F)c(F)c(F)c4F)c4ccc1[n-]4)C=C3)C=C2.[Co+2]. The molecule has 4 fully saturated rings. The number of nitrogens with zero attached hydrogens (tertiary/aromatic N) is 4. The minimum Gasteiger partial charge on any atom is -0.657 e. The van der Waals surface area contributed by atoms with E-state index in [2.05, 4.69) is 21.3 Å². The van der Waals surface area contributed by atoms with Gasteiger partial charge in [0.25, 0.3) is 0 Å². The van der Waals surface area contributed by atoms with Crippen LogP contribution < -0.4 is 31.2 Å². The molecular weight excluding hydrogens is 1240 g/mol. The molecule has 0 saturated heterocycles. The number of aromatic nitrogens is 4. The number of rotatable bonds is 12. The van der Waals surface area contributed by atoms with Crippen molar-refractivity contribution in [1.29, 1.82) is 0 Å². The van der Waals surface area contributed by atoms with Crippen molar-refractivity contribution < 1.29 is 79.9 Å². The summed E-state index contributed by atoms with van der Waals surface area (Å²) < 4.78 is 160. The van der Waals surface area contributed by atoms with Crippen molar-refractivity contribution in [2.24, 2.45) is 45.3 Å². The molecule has 0 unspecified atom stereocenters. The maximum atomic E-state index is 16.8. The van der Waals surface area contributed by atoms with Gasteiger partial charge in [-0.2, -0.15) is 0 Å². The van der Waals surface area contributed by atoms with Crippen LogP contribution in [0.3, 0.4) is 0 Å². The Morgan fingerprint density at radius 1 is 0.341 bits per heavy atom. The molecule has 4 N–H and O–H groups in total. The quantitative estimate of drug-likeness (QED) is 0.0532. The predicted molar refractivity (Wildman–Crippen MR) is 320 cm³/mol. The van der Waals surface area contributed by atoms with Crippen LogP contribution in [0.2, 0.25) is 0 Å². The number of anilines is 4. The number of hydrogen-bond donors (Lipinski definition) is 4. The van der Waals surface area contributed by atoms with Gasteiger partial charge in [-0.15, -0.1) is 22.1 Å². The van der Waals surface area contributed by atoms with Gasteiger partial charge in [0, 0.05) is 34.8 Å². The van der Waals surface area contributed by atoms with Crippen molar-refractivity contribution in [2.45, 2.75) is 81.1 Å². The van der Waals surface area contributed by atoms with Crippen LogP contribution in [-0.2, 0) is 36.0 Å². The van der Waals surface area contributed by atoms with E-state index in [0.717, 1.165) is 24.3 Å². The number of halogens is 10. The summed E-state index contributed by atoms with van der Waals surface area (Å²) in [6.07, 6.45) is 6.79. The van der Waals surface area contributed by atoms with Crippen LogP contribution in [0.25, 0.3) is 90.9 Å². The standard InChI is InChI=1S/C68H56F10N8O4.Co/c1-65(2)23-27(65)61(87)83-31-11-9-12-32(84-62(88)28-24-66(28,3)4)43(31)45-35-15-19-39(79-35)47(49-51(69)55(73)59(77)56(74)52(49)70)41-21-17-37(81-41)46(44-33(85-63(89)29-25-67(29,5)6)13-10-14-34(44)86-64(90)30-26-68(30,7)8)38-18-22-42(82-38)48(40-20-16-36(45)80-40)50-53(71)57(75)60(78)58(76)54(50)72;/h9-22,27-30H,23-26H2,1-8H3,(H6,79,80,81,82,83,84,85,86,87,88,89,90);/q;+2/p-2/t27-,28+,29-,30+;. The Labute approximate surface area is 524 Å². The Balaban J connectivity index is 0.00000800. The fourth-order valence-electron chi connectivity index (χ4n) is 12.4. The molecule has 23 heteroatoms. The normalized spacial score (nSPS) is 19.7. The maximum absolute atomic E-state index is 16.8. The Morgan fingerprint density at radius 2 is 0.538 bits per heavy atom. The third-order valence-electron chi connectivity index (χ3n) is 18.5. The summed E-state index contributed by atoms with van der Waals surface area (Å²) in [7, 11) is 0. The fraction of sp³-hybridized carbons (Fsp3) is 0.294. The van der Waals surface area contributed by atoms with Gasteiger partial charge in [-0.05, 0) is 118 Å². The zero-order valence-electron chi connectivity index (χ0n) is 49.8. The van der Waals surface area contributed by atoms with Crippen LogP contribution in [-0.4, -0.2) is 33.6 Å². The first-order valence-corrected chi connectivity index (χ1v) is 29.0. The number of nitrogens with one attached hydrogen (secondary N) is 4. The molecular formula is C68H54CoF10N8O4. The molecule has 6 aliphatic rings. The Kier molecular flexibility index (Phi) is 14.8. The van der Waals surface area contributed by atoms with Gasteiger partial charge in [-0.25, -0.2) is 53.9 Å². The van der Waals surface area contributed by atoms with Gasteiger partial charge < -0.3 is 31.2 Å². The van der Waals surface area contributed by atoms with Crippen LogP contribution in [0.5, 0.6) is 0 Å². The Morgan fingerprint density at radius 3 is 0.747 bits per heavy atom. The van der Waals surface area contributed by atoms with Crippen LogP contribution in [0.1, 0.15) is 104 Å². The van der Waals surface area contributed by atoms with Crippen molar-refractivity contribution in [3.8, 4) is 44.5 Å². The first kappa shape index (κ1) is 62.4. The molecule has 3 aromatic heterocycles. The summed E-state index contributed by atoms with van der Waals surface area (Å²) >= 11 is 0. The fourth-order valence-corrected chi connectivity index (χ4v) is 12.4. The van der Waals surface area contributed by atoms with Gasteiger partial charge in [0.2, 0.25) is 35.3 Å². The smallest absolute Gasteiger partial charge is 0.657 e. The van der Waals surface area contributed by atoms with Crippen molar-refractivity contribution in [3.63, 3.8) is 0 Å². The summed E-state index contributed by atoms with van der Waals surface area (Å²) in [6.45, 7) is 15.0. The van der Waals surface area contributed by atoms with Crippen LogP contribution >= 0.6 is 0 Å². The molecule has 7 aromatic rings. The van der Waals surface area contributed by atoms with Gasteiger partial charge in [-0.3, -0.25) is 19.2 Å². The molecule has 12 nitrogen and oxygen atoms in total. The van der Waals surface area contributed by atoms with Crippen molar-refractivity contribution in [1.82, 2.24) is 19.9 Å². The van der Waals surface area contributed by atoms with Gasteiger partial charge in [0.15, 0.2) is 46.5 Å². The Bertz CT molecular complexity index is 4210. The minimum absolute atomic E-state index is 0. The molecule has 4 saturated carbocycles. The number of carbonyl (C=O) groups is 4. The van der Waals surface area contributed by atoms with Crippen molar-refractivity contribution in [2.75, 3.05) is 21.3 Å². The zero-order valence-corrected chi connectivity index (χ0v) is 50.8. The van der Waals surface area contributed by atoms with Gasteiger partial charge in [-0.1, -0.05) is 91.8 Å². The molecule has 4 aliphatic carbocycles. The molecule has 91 heavy (non-hydrogen) atoms. The zero-order chi connectivity index (χ0) is 64.3. The monoisotopic (exact) mass is 1300 g/mol. The average Bonchev–Trinajstić information content (AvgIpc) is 1.75. The van der Waals surface area contributed by atoms with E-state index in [1.54, 1.807) is 0 Å². The van der Waals surface area contributed by atoms with E-state index >= 15 is 43.9 Å². The van der Waals surface area contributed by atoms with Gasteiger partial charge >= 0.3 is 16.8 Å². The summed E-state index contributed by atoms with van der Waals surface area (Å²) in [5, 5.41) is 11.8. The van der Waals surface area contributed by atoms with E-state index in [9.17, 15) is 19.2 Å². The van der Waals surface area contributed by atoms with Crippen molar-refractivity contribution in [3.05, 3.63) is 142 Å². The first-order chi connectivity index (χ1) is 42.4. The maximum Gasteiger partial charge on any atom is 2.00 e. The molecule has 469 valence electrons. The number of fused-ring (bicyclic) bond motifs is 8. The molecule has 1 radical (unpaired) electrons. The van der Waals surface area contributed by atoms with E-state index in [0.29, 0.717) is 25.7 Å². The molecule has 2 aliphatic heterocycles. The van der Waals surface area contributed by atoms with Crippen molar-refractivity contribution >= 4 is 92.7 Å². The first-order valence-electron chi connectivity index (χ1n) is 29.0. The second kappa shape index (κ2) is 21.7. The second-order valence-corrected chi connectivity index (χ2v) is 26.6. The van der Waals surface area contributed by atoms with Crippen LogP contribution in [0.15, 0.2) is 60.7 Å². The molecule has 4 amide bonds. The van der Waals surface area contributed by atoms with E-state index in [1.165, 1.54) is 60.7 Å². The number of amides is 4. The van der Waals surface area contributed by atoms with E-state index in [-0.39, 0.29) is 84.2 Å². The Hall–Kier alpha value is -8.83. The summed E-state index contributed by atoms with van der Waals surface area (Å²) in [4.78, 5) is 76.1. The molecule has 8 bridgehead atoms. The summed E-state index contributed by atoms with van der Waals surface area (Å²) in [5.41, 5.74) is -9.51. The average molecular weight is 1300 g/mol.